The maximum atomic E-state index is 10.3. The minimum absolute atomic E-state index is 0.198. The van der Waals surface area contributed by atoms with Crippen LogP contribution in [0.5, 0.6) is 5.75 Å². The molecule has 0 aliphatic rings. The van der Waals surface area contributed by atoms with Crippen LogP contribution in [0.4, 0.5) is 0 Å². The van der Waals surface area contributed by atoms with Gasteiger partial charge in [-0.1, -0.05) is 53.7 Å². The molecule has 2 atom stereocenters. The van der Waals surface area contributed by atoms with E-state index in [1.165, 1.54) is 5.56 Å². The third kappa shape index (κ3) is 6.08. The molecule has 3 nitrogen and oxygen atoms in total. The monoisotopic (exact) mass is 306 g/mol. The number of rotatable bonds is 6. The van der Waals surface area contributed by atoms with Crippen molar-refractivity contribution in [2.45, 2.75) is 67.1 Å². The number of carbonyl (C=O) groups is 1. The van der Waals surface area contributed by atoms with E-state index in [0.717, 1.165) is 6.42 Å². The number of carbonyl (C=O) groups excluding carboxylic acids is 1. The van der Waals surface area contributed by atoms with Crippen molar-refractivity contribution in [2.75, 3.05) is 0 Å². The molecule has 0 aromatic heterocycles. The van der Waals surface area contributed by atoms with Crippen molar-refractivity contribution in [1.29, 1.82) is 0 Å². The van der Waals surface area contributed by atoms with Gasteiger partial charge in [-0.25, -0.2) is 0 Å². The molecule has 0 saturated heterocycles. The Kier molecular flexibility index (Phi) is 6.04. The molecule has 0 aliphatic heterocycles. The molecule has 124 valence electrons. The van der Waals surface area contributed by atoms with Gasteiger partial charge in [0, 0.05) is 6.92 Å². The smallest absolute Gasteiger partial charge is 0.296 e. The van der Waals surface area contributed by atoms with Gasteiger partial charge in [-0.3, -0.25) is 4.79 Å². The summed E-state index contributed by atoms with van der Waals surface area (Å²) in [4.78, 5) is 10.3. The average Bonchev–Trinajstić information content (AvgIpc) is 2.35. The van der Waals surface area contributed by atoms with Gasteiger partial charge in [0.25, 0.3) is 6.47 Å². The minimum atomic E-state index is -0.573. The SMILES string of the molecule is CC(OC=O)Oc1ccc(C(CC(C)(C)C)C(C)(C)C)cc1. The highest BCUT2D eigenvalue weighted by molar-refractivity contribution is 5.37. The molecular weight excluding hydrogens is 276 g/mol. The van der Waals surface area contributed by atoms with E-state index in [9.17, 15) is 4.79 Å². The molecule has 0 radical (unpaired) electrons. The van der Waals surface area contributed by atoms with Crippen molar-refractivity contribution in [3.63, 3.8) is 0 Å². The van der Waals surface area contributed by atoms with Crippen LogP contribution in [0.15, 0.2) is 24.3 Å². The molecule has 0 bridgehead atoms. The first kappa shape index (κ1) is 18.5. The van der Waals surface area contributed by atoms with E-state index in [2.05, 4.69) is 53.7 Å². The van der Waals surface area contributed by atoms with E-state index in [0.29, 0.717) is 18.1 Å². The Labute approximate surface area is 135 Å². The van der Waals surface area contributed by atoms with Crippen LogP contribution >= 0.6 is 0 Å². The Bertz CT molecular complexity index is 463. The first-order valence-corrected chi connectivity index (χ1v) is 7.88. The maximum Gasteiger partial charge on any atom is 0.296 e. The quantitative estimate of drug-likeness (QED) is 0.538. The number of benzene rings is 1. The molecule has 0 aliphatic carbocycles. The summed E-state index contributed by atoms with van der Waals surface area (Å²) in [6.07, 6.45) is 0.554. The third-order valence-electron chi connectivity index (χ3n) is 3.69. The first-order valence-electron chi connectivity index (χ1n) is 7.88. The van der Waals surface area contributed by atoms with Gasteiger partial charge in [-0.05, 0) is 40.9 Å². The molecule has 0 fully saturated rings. The third-order valence-corrected chi connectivity index (χ3v) is 3.69. The highest BCUT2D eigenvalue weighted by atomic mass is 16.7. The van der Waals surface area contributed by atoms with Gasteiger partial charge in [0.1, 0.15) is 5.75 Å². The Morgan fingerprint density at radius 2 is 1.59 bits per heavy atom. The Balaban J connectivity index is 2.91. The summed E-state index contributed by atoms with van der Waals surface area (Å²) in [7, 11) is 0. The largest absolute Gasteiger partial charge is 0.455 e. The molecular formula is C19H30O3. The summed E-state index contributed by atoms with van der Waals surface area (Å²) >= 11 is 0. The van der Waals surface area contributed by atoms with E-state index in [1.807, 2.05) is 12.1 Å². The zero-order valence-electron chi connectivity index (χ0n) is 15.0. The van der Waals surface area contributed by atoms with Crippen LogP contribution < -0.4 is 4.74 Å². The minimum Gasteiger partial charge on any atom is -0.455 e. The number of hydrogen-bond donors (Lipinski definition) is 0. The fraction of sp³-hybridized carbons (Fsp3) is 0.632. The molecule has 1 rings (SSSR count). The lowest BCUT2D eigenvalue weighted by molar-refractivity contribution is -0.145. The Hall–Kier alpha value is -1.51. The average molecular weight is 306 g/mol. The molecule has 2 unspecified atom stereocenters. The van der Waals surface area contributed by atoms with Crippen molar-refractivity contribution in [3.8, 4) is 5.75 Å². The summed E-state index contributed by atoms with van der Waals surface area (Å²) in [6, 6.07) is 8.12. The second-order valence-corrected chi connectivity index (χ2v) is 8.17. The standard InChI is InChI=1S/C19H30O3/c1-14(21-13-20)22-16-10-8-15(9-11-16)17(19(5,6)7)12-18(2,3)4/h8-11,13-14,17H,12H2,1-7H3. The molecule has 3 heteroatoms. The van der Waals surface area contributed by atoms with E-state index >= 15 is 0 Å². The highest BCUT2D eigenvalue weighted by Gasteiger charge is 2.30. The van der Waals surface area contributed by atoms with Crippen LogP contribution in [0.2, 0.25) is 0 Å². The normalized spacial score (nSPS) is 15.0. The molecule has 1 aromatic rings. The first-order chi connectivity index (χ1) is 10.0. The summed E-state index contributed by atoms with van der Waals surface area (Å²) in [5.74, 6) is 1.19. The van der Waals surface area contributed by atoms with Crippen molar-refractivity contribution in [2.24, 2.45) is 10.8 Å². The van der Waals surface area contributed by atoms with Crippen LogP contribution in [0, 0.1) is 10.8 Å². The second-order valence-electron chi connectivity index (χ2n) is 8.17. The van der Waals surface area contributed by atoms with Crippen molar-refractivity contribution in [3.05, 3.63) is 29.8 Å². The van der Waals surface area contributed by atoms with Gasteiger partial charge in [-0.2, -0.15) is 0 Å². The van der Waals surface area contributed by atoms with Gasteiger partial charge in [-0.15, -0.1) is 0 Å². The van der Waals surface area contributed by atoms with Crippen LogP contribution in [0.1, 0.15) is 66.4 Å². The molecule has 0 saturated carbocycles. The molecule has 22 heavy (non-hydrogen) atoms. The topological polar surface area (TPSA) is 35.5 Å². The van der Waals surface area contributed by atoms with Gasteiger partial charge in [0.2, 0.25) is 6.29 Å². The predicted octanol–water partition coefficient (Wildman–Crippen LogP) is 5.15. The summed E-state index contributed by atoms with van der Waals surface area (Å²) in [5.41, 5.74) is 1.79. The van der Waals surface area contributed by atoms with Crippen molar-refractivity contribution < 1.29 is 14.3 Å². The fourth-order valence-corrected chi connectivity index (χ4v) is 2.61. The zero-order valence-corrected chi connectivity index (χ0v) is 15.0. The summed E-state index contributed by atoms with van der Waals surface area (Å²) in [6.45, 7) is 15.8. The molecule has 1 aromatic carbocycles. The lowest BCUT2D eigenvalue weighted by atomic mass is 9.69. The number of ether oxygens (including phenoxy) is 2. The lowest BCUT2D eigenvalue weighted by Gasteiger charge is -2.36. The molecule has 0 amide bonds. The van der Waals surface area contributed by atoms with E-state index in [1.54, 1.807) is 6.92 Å². The van der Waals surface area contributed by atoms with Crippen molar-refractivity contribution >= 4 is 6.47 Å². The van der Waals surface area contributed by atoms with Gasteiger partial charge in [0.15, 0.2) is 0 Å². The van der Waals surface area contributed by atoms with E-state index < -0.39 is 6.29 Å². The highest BCUT2D eigenvalue weighted by Crippen LogP contribution is 2.43. The molecule has 0 N–H and O–H groups in total. The maximum absolute atomic E-state index is 10.3. The number of hydrogen-bond acceptors (Lipinski definition) is 3. The Morgan fingerprint density at radius 3 is 2.00 bits per heavy atom. The van der Waals surface area contributed by atoms with Crippen molar-refractivity contribution in [1.82, 2.24) is 0 Å². The predicted molar refractivity (Wildman–Crippen MR) is 89.9 cm³/mol. The van der Waals surface area contributed by atoms with Crippen LogP contribution in [-0.4, -0.2) is 12.8 Å². The summed E-state index contributed by atoms with van der Waals surface area (Å²) in [5, 5.41) is 0. The van der Waals surface area contributed by atoms with Crippen LogP contribution in [-0.2, 0) is 9.53 Å². The van der Waals surface area contributed by atoms with Gasteiger partial charge in [0.05, 0.1) is 0 Å². The van der Waals surface area contributed by atoms with Gasteiger partial charge >= 0.3 is 0 Å². The molecule has 0 spiro atoms. The van der Waals surface area contributed by atoms with Crippen LogP contribution in [0.3, 0.4) is 0 Å². The molecule has 0 heterocycles. The van der Waals surface area contributed by atoms with Gasteiger partial charge < -0.3 is 9.47 Å². The fourth-order valence-electron chi connectivity index (χ4n) is 2.61. The zero-order chi connectivity index (χ0) is 17.0. The van der Waals surface area contributed by atoms with Crippen LogP contribution in [0.25, 0.3) is 0 Å². The second kappa shape index (κ2) is 7.17. The Morgan fingerprint density at radius 1 is 1.05 bits per heavy atom. The summed E-state index contributed by atoms with van der Waals surface area (Å²) < 4.78 is 10.3. The lowest BCUT2D eigenvalue weighted by Crippen LogP contribution is -2.23. The van der Waals surface area contributed by atoms with E-state index in [-0.39, 0.29) is 10.8 Å². The van der Waals surface area contributed by atoms with E-state index in [4.69, 9.17) is 9.47 Å².